The highest BCUT2D eigenvalue weighted by Crippen LogP contribution is 2.60. The Balaban J connectivity index is 1.86. The average Bonchev–Trinajstić information content (AvgIpc) is 2.94. The molecule has 0 bridgehead atoms. The van der Waals surface area contributed by atoms with Gasteiger partial charge in [-0.05, 0) is 69.5 Å². The van der Waals surface area contributed by atoms with Crippen LogP contribution in [0.5, 0.6) is 0 Å². The van der Waals surface area contributed by atoms with E-state index >= 15 is 0 Å². The predicted molar refractivity (Wildman–Crippen MR) is 104 cm³/mol. The standard InChI is InChI=1S/C22H31N3/c1-4-22-11-7-12-24-13-10-16-15-8-5-6-9-17(15)25(19(16)20(22)24)18(14-22)21(2,3)23/h5-6,8-9,18,20H,4,7,10-14,23H2,1-3H3/t18?,20-,22+/m1/s1. The molecule has 1 aromatic heterocycles. The topological polar surface area (TPSA) is 34.2 Å². The largest absolute Gasteiger partial charge is 0.338 e. The first-order valence-corrected chi connectivity index (χ1v) is 10.1. The summed E-state index contributed by atoms with van der Waals surface area (Å²) in [5.74, 6) is 0. The minimum Gasteiger partial charge on any atom is -0.338 e. The summed E-state index contributed by atoms with van der Waals surface area (Å²) in [7, 11) is 0. The number of piperidine rings is 1. The molecule has 3 heteroatoms. The third-order valence-electron chi connectivity index (χ3n) is 7.51. The lowest BCUT2D eigenvalue weighted by Gasteiger charge is -2.58. The van der Waals surface area contributed by atoms with E-state index in [1.165, 1.54) is 56.1 Å². The molecule has 1 saturated heterocycles. The SMILES string of the molecule is CC[C@]12CCCN3CCc4c(n(c5ccccc45)C(C(C)(C)N)C1)[C@@H]32. The first-order valence-electron chi connectivity index (χ1n) is 10.1. The van der Waals surface area contributed by atoms with Gasteiger partial charge in [-0.25, -0.2) is 0 Å². The Morgan fingerprint density at radius 1 is 1.24 bits per heavy atom. The number of hydrogen-bond acceptors (Lipinski definition) is 2. The van der Waals surface area contributed by atoms with Crippen LogP contribution >= 0.6 is 0 Å². The number of hydrogen-bond donors (Lipinski definition) is 1. The van der Waals surface area contributed by atoms with E-state index in [2.05, 4.69) is 54.5 Å². The van der Waals surface area contributed by atoms with Gasteiger partial charge in [-0.2, -0.15) is 0 Å². The zero-order chi connectivity index (χ0) is 17.4. The summed E-state index contributed by atoms with van der Waals surface area (Å²) in [6.45, 7) is 9.36. The minimum absolute atomic E-state index is 0.206. The number of fused-ring (bicyclic) bond motifs is 3. The van der Waals surface area contributed by atoms with Crippen LogP contribution in [0, 0.1) is 5.41 Å². The third kappa shape index (κ3) is 2.00. The fraction of sp³-hybridized carbons (Fsp3) is 0.636. The molecule has 5 rings (SSSR count). The molecule has 3 atom stereocenters. The lowest BCUT2D eigenvalue weighted by Crippen LogP contribution is -2.56. The van der Waals surface area contributed by atoms with Crippen molar-refractivity contribution in [1.82, 2.24) is 9.47 Å². The molecule has 2 aromatic rings. The van der Waals surface area contributed by atoms with Gasteiger partial charge in [-0.3, -0.25) is 4.90 Å². The molecule has 2 N–H and O–H groups in total. The molecular formula is C22H31N3. The van der Waals surface area contributed by atoms with E-state index in [1.807, 2.05) is 0 Å². The van der Waals surface area contributed by atoms with E-state index < -0.39 is 0 Å². The Kier molecular flexibility index (Phi) is 3.25. The second-order valence-electron chi connectivity index (χ2n) is 9.30. The van der Waals surface area contributed by atoms with Crippen LogP contribution in [0.3, 0.4) is 0 Å². The molecule has 3 nitrogen and oxygen atoms in total. The molecule has 25 heavy (non-hydrogen) atoms. The summed E-state index contributed by atoms with van der Waals surface area (Å²) in [4.78, 5) is 2.80. The van der Waals surface area contributed by atoms with E-state index in [-0.39, 0.29) is 5.54 Å². The van der Waals surface area contributed by atoms with Crippen LogP contribution in [-0.2, 0) is 6.42 Å². The number of aromatic nitrogens is 1. The molecule has 0 spiro atoms. The average molecular weight is 338 g/mol. The van der Waals surface area contributed by atoms with Gasteiger partial charge >= 0.3 is 0 Å². The normalized spacial score (nSPS) is 32.0. The zero-order valence-corrected chi connectivity index (χ0v) is 15.9. The van der Waals surface area contributed by atoms with Crippen molar-refractivity contribution in [3.05, 3.63) is 35.5 Å². The fourth-order valence-electron chi connectivity index (χ4n) is 6.29. The smallest absolute Gasteiger partial charge is 0.0561 e. The monoisotopic (exact) mass is 337 g/mol. The van der Waals surface area contributed by atoms with Crippen LogP contribution in [0.4, 0.5) is 0 Å². The molecule has 0 saturated carbocycles. The van der Waals surface area contributed by atoms with Crippen molar-refractivity contribution in [3.8, 4) is 0 Å². The molecule has 0 amide bonds. The molecule has 3 aliphatic rings. The van der Waals surface area contributed by atoms with Gasteiger partial charge < -0.3 is 10.3 Å². The summed E-state index contributed by atoms with van der Waals surface area (Å²) in [6.07, 6.45) is 6.38. The lowest BCUT2D eigenvalue weighted by atomic mass is 9.61. The van der Waals surface area contributed by atoms with E-state index in [0.717, 1.165) is 0 Å². The van der Waals surface area contributed by atoms with E-state index in [0.29, 0.717) is 17.5 Å². The minimum atomic E-state index is -0.206. The van der Waals surface area contributed by atoms with Crippen molar-refractivity contribution in [3.63, 3.8) is 0 Å². The van der Waals surface area contributed by atoms with Crippen LogP contribution in [0.2, 0.25) is 0 Å². The highest BCUT2D eigenvalue weighted by molar-refractivity contribution is 5.86. The van der Waals surface area contributed by atoms with Crippen LogP contribution in [0.1, 0.15) is 69.8 Å². The van der Waals surface area contributed by atoms with Crippen molar-refractivity contribution in [2.45, 2.75) is 70.5 Å². The molecule has 134 valence electrons. The van der Waals surface area contributed by atoms with Gasteiger partial charge in [0.05, 0.1) is 12.1 Å². The first-order chi connectivity index (χ1) is 12.0. The molecule has 1 fully saturated rings. The van der Waals surface area contributed by atoms with E-state index in [9.17, 15) is 0 Å². The Morgan fingerprint density at radius 2 is 2.04 bits per heavy atom. The quantitative estimate of drug-likeness (QED) is 0.880. The Bertz CT molecular complexity index is 828. The maximum absolute atomic E-state index is 6.78. The number of nitrogens with two attached hydrogens (primary N) is 1. The van der Waals surface area contributed by atoms with Gasteiger partial charge in [0.2, 0.25) is 0 Å². The van der Waals surface area contributed by atoms with Gasteiger partial charge in [-0.1, -0.05) is 25.1 Å². The van der Waals surface area contributed by atoms with E-state index in [4.69, 9.17) is 5.73 Å². The number of nitrogens with zero attached hydrogens (tertiary/aromatic N) is 2. The van der Waals surface area contributed by atoms with Gasteiger partial charge in [0.1, 0.15) is 0 Å². The van der Waals surface area contributed by atoms with Crippen molar-refractivity contribution in [2.24, 2.45) is 11.1 Å². The van der Waals surface area contributed by atoms with Gasteiger partial charge in [0.25, 0.3) is 0 Å². The fourth-order valence-corrected chi connectivity index (χ4v) is 6.29. The van der Waals surface area contributed by atoms with Crippen LogP contribution in [0.25, 0.3) is 10.9 Å². The second-order valence-corrected chi connectivity index (χ2v) is 9.30. The Morgan fingerprint density at radius 3 is 2.80 bits per heavy atom. The van der Waals surface area contributed by atoms with E-state index in [1.54, 1.807) is 11.3 Å². The van der Waals surface area contributed by atoms with Crippen LogP contribution in [0.15, 0.2) is 24.3 Å². The summed E-state index contributed by atoms with van der Waals surface area (Å²) in [5, 5.41) is 1.48. The maximum Gasteiger partial charge on any atom is 0.0561 e. The summed E-state index contributed by atoms with van der Waals surface area (Å²) < 4.78 is 2.67. The van der Waals surface area contributed by atoms with Crippen molar-refractivity contribution >= 4 is 10.9 Å². The number of benzene rings is 1. The first kappa shape index (κ1) is 15.9. The maximum atomic E-state index is 6.78. The number of rotatable bonds is 2. The van der Waals surface area contributed by atoms with Gasteiger partial charge in [-0.15, -0.1) is 0 Å². The number of para-hydroxylation sites is 1. The molecule has 1 aromatic carbocycles. The van der Waals surface area contributed by atoms with Crippen molar-refractivity contribution in [1.29, 1.82) is 0 Å². The molecule has 3 aliphatic heterocycles. The second kappa shape index (κ2) is 5.11. The van der Waals surface area contributed by atoms with Gasteiger partial charge in [0, 0.05) is 28.7 Å². The molecule has 1 unspecified atom stereocenters. The highest BCUT2D eigenvalue weighted by Gasteiger charge is 2.54. The molecule has 0 radical (unpaired) electrons. The Labute approximate surface area is 151 Å². The molecule has 0 aliphatic carbocycles. The summed E-state index contributed by atoms with van der Waals surface area (Å²) >= 11 is 0. The molecule has 4 heterocycles. The highest BCUT2D eigenvalue weighted by atomic mass is 15.2. The lowest BCUT2D eigenvalue weighted by molar-refractivity contribution is -0.0436. The Hall–Kier alpha value is -1.32. The van der Waals surface area contributed by atoms with Crippen molar-refractivity contribution in [2.75, 3.05) is 13.1 Å². The summed E-state index contributed by atoms with van der Waals surface area (Å²) in [6, 6.07) is 10.0. The third-order valence-corrected chi connectivity index (χ3v) is 7.51. The van der Waals surface area contributed by atoms with Crippen LogP contribution < -0.4 is 5.73 Å². The van der Waals surface area contributed by atoms with Crippen molar-refractivity contribution < 1.29 is 0 Å². The summed E-state index contributed by atoms with van der Waals surface area (Å²) in [5.41, 5.74) is 11.6. The molecular weight excluding hydrogens is 306 g/mol. The predicted octanol–water partition coefficient (Wildman–Crippen LogP) is 4.41. The zero-order valence-electron chi connectivity index (χ0n) is 15.9. The van der Waals surface area contributed by atoms with Crippen LogP contribution in [-0.4, -0.2) is 28.1 Å². The van der Waals surface area contributed by atoms with Gasteiger partial charge in [0.15, 0.2) is 0 Å².